The minimum atomic E-state index is -4.54. The van der Waals surface area contributed by atoms with Crippen molar-refractivity contribution in [1.82, 2.24) is 0 Å². The first-order valence-electron chi connectivity index (χ1n) is 7.50. The van der Waals surface area contributed by atoms with Crippen LogP contribution in [0.5, 0.6) is 0 Å². The number of hydrogen-bond acceptors (Lipinski definition) is 4. The smallest absolute Gasteiger partial charge is 0.302 e. The Hall–Kier alpha value is -1.63. The number of nitrogens with zero attached hydrogens (tertiary/aromatic N) is 2. The molecule has 3 rings (SSSR count). The van der Waals surface area contributed by atoms with Crippen molar-refractivity contribution in [3.8, 4) is 0 Å². The molecule has 2 aliphatic rings. The lowest BCUT2D eigenvalue weighted by Crippen LogP contribution is -2.26. The van der Waals surface area contributed by atoms with E-state index in [0.29, 0.717) is 0 Å². The normalized spacial score (nSPS) is 22.6. The molecule has 1 amide bonds. The lowest BCUT2D eigenvalue weighted by Gasteiger charge is -2.22. The highest BCUT2D eigenvalue weighted by Crippen LogP contribution is 2.30. The number of benzene rings is 1. The van der Waals surface area contributed by atoms with Crippen LogP contribution in [0.25, 0.3) is 0 Å². The maximum atomic E-state index is 12.8. The van der Waals surface area contributed by atoms with E-state index in [1.54, 1.807) is 4.90 Å². The first kappa shape index (κ1) is 15.3. The number of rotatable bonds is 4. The van der Waals surface area contributed by atoms with E-state index in [0.717, 1.165) is 24.5 Å². The lowest BCUT2D eigenvalue weighted by molar-refractivity contribution is -0.117. The SMILES string of the molecule is O=C1CC(CS(=O)(=O)F)CN1c1cccc(N2CCCC2)c1. The molecule has 1 aromatic carbocycles. The Morgan fingerprint density at radius 3 is 2.55 bits per heavy atom. The molecule has 0 aliphatic carbocycles. The minimum Gasteiger partial charge on any atom is -0.371 e. The highest BCUT2D eigenvalue weighted by Gasteiger charge is 2.33. The fourth-order valence-electron chi connectivity index (χ4n) is 3.26. The van der Waals surface area contributed by atoms with Crippen LogP contribution in [0.3, 0.4) is 0 Å². The van der Waals surface area contributed by atoms with E-state index >= 15 is 0 Å². The zero-order chi connectivity index (χ0) is 15.7. The van der Waals surface area contributed by atoms with Gasteiger partial charge >= 0.3 is 10.2 Å². The highest BCUT2D eigenvalue weighted by molar-refractivity contribution is 7.86. The Kier molecular flexibility index (Phi) is 4.08. The van der Waals surface area contributed by atoms with E-state index in [-0.39, 0.29) is 18.9 Å². The van der Waals surface area contributed by atoms with Crippen LogP contribution in [0.2, 0.25) is 0 Å². The van der Waals surface area contributed by atoms with Gasteiger partial charge in [-0.15, -0.1) is 3.89 Å². The van der Waals surface area contributed by atoms with Crippen LogP contribution in [0.1, 0.15) is 19.3 Å². The first-order chi connectivity index (χ1) is 10.4. The van der Waals surface area contributed by atoms with Crippen LogP contribution in [0.15, 0.2) is 24.3 Å². The Bertz CT molecular complexity index is 671. The zero-order valence-corrected chi connectivity index (χ0v) is 13.1. The van der Waals surface area contributed by atoms with Gasteiger partial charge in [0, 0.05) is 43.3 Å². The lowest BCUT2D eigenvalue weighted by atomic mass is 10.1. The molecule has 0 radical (unpaired) electrons. The Balaban J connectivity index is 1.76. The monoisotopic (exact) mass is 326 g/mol. The molecule has 2 heterocycles. The van der Waals surface area contributed by atoms with E-state index in [4.69, 9.17) is 0 Å². The maximum absolute atomic E-state index is 12.8. The van der Waals surface area contributed by atoms with Crippen molar-refractivity contribution in [3.05, 3.63) is 24.3 Å². The van der Waals surface area contributed by atoms with E-state index in [2.05, 4.69) is 4.90 Å². The average Bonchev–Trinajstić information content (AvgIpc) is 3.07. The van der Waals surface area contributed by atoms with Crippen molar-refractivity contribution in [2.24, 2.45) is 5.92 Å². The number of amides is 1. The van der Waals surface area contributed by atoms with Gasteiger partial charge in [-0.25, -0.2) is 0 Å². The summed E-state index contributed by atoms with van der Waals surface area (Å²) < 4.78 is 34.3. The van der Waals surface area contributed by atoms with E-state index in [1.165, 1.54) is 12.8 Å². The molecular formula is C15H19FN2O3S. The molecule has 2 aliphatic heterocycles. The van der Waals surface area contributed by atoms with Gasteiger partial charge in [0.1, 0.15) is 0 Å². The van der Waals surface area contributed by atoms with Gasteiger partial charge in [-0.05, 0) is 31.0 Å². The second-order valence-electron chi connectivity index (χ2n) is 5.99. The number of halogens is 1. The molecule has 0 aromatic heterocycles. The van der Waals surface area contributed by atoms with Gasteiger partial charge in [-0.1, -0.05) is 6.07 Å². The molecular weight excluding hydrogens is 307 g/mol. The summed E-state index contributed by atoms with van der Waals surface area (Å²) in [5.41, 5.74) is 1.83. The van der Waals surface area contributed by atoms with Crippen molar-refractivity contribution in [2.45, 2.75) is 19.3 Å². The van der Waals surface area contributed by atoms with E-state index in [9.17, 15) is 17.1 Å². The predicted octanol–water partition coefficient (Wildman–Crippen LogP) is 1.94. The summed E-state index contributed by atoms with van der Waals surface area (Å²) in [5, 5.41) is 0. The molecule has 120 valence electrons. The molecule has 1 atom stereocenters. The van der Waals surface area contributed by atoms with Crippen molar-refractivity contribution < 1.29 is 17.1 Å². The second kappa shape index (κ2) is 5.87. The van der Waals surface area contributed by atoms with Crippen molar-refractivity contribution in [1.29, 1.82) is 0 Å². The molecule has 0 bridgehead atoms. The molecule has 0 N–H and O–H groups in total. The average molecular weight is 326 g/mol. The van der Waals surface area contributed by atoms with Crippen molar-refractivity contribution in [2.75, 3.05) is 35.2 Å². The summed E-state index contributed by atoms with van der Waals surface area (Å²) in [6.45, 7) is 2.28. The number of carbonyl (C=O) groups excluding carboxylic acids is 1. The second-order valence-corrected chi connectivity index (χ2v) is 7.41. The molecule has 0 saturated carbocycles. The van der Waals surface area contributed by atoms with E-state index in [1.807, 2.05) is 24.3 Å². The Morgan fingerprint density at radius 1 is 1.18 bits per heavy atom. The molecule has 1 unspecified atom stereocenters. The van der Waals surface area contributed by atoms with Crippen molar-refractivity contribution >= 4 is 27.5 Å². The minimum absolute atomic E-state index is 0.0804. The van der Waals surface area contributed by atoms with Gasteiger partial charge in [0.25, 0.3) is 0 Å². The molecule has 5 nitrogen and oxygen atoms in total. The molecule has 2 fully saturated rings. The largest absolute Gasteiger partial charge is 0.371 e. The third-order valence-electron chi connectivity index (χ3n) is 4.25. The van der Waals surface area contributed by atoms with Crippen LogP contribution in [0.4, 0.5) is 15.3 Å². The topological polar surface area (TPSA) is 57.7 Å². The van der Waals surface area contributed by atoms with Crippen LogP contribution < -0.4 is 9.80 Å². The van der Waals surface area contributed by atoms with Gasteiger partial charge in [-0.3, -0.25) is 4.79 Å². The summed E-state index contributed by atoms with van der Waals surface area (Å²) in [6, 6.07) is 7.70. The molecule has 2 saturated heterocycles. The molecule has 1 aromatic rings. The zero-order valence-electron chi connectivity index (χ0n) is 12.2. The fraction of sp³-hybridized carbons (Fsp3) is 0.533. The molecule has 0 spiro atoms. The maximum Gasteiger partial charge on any atom is 0.302 e. The predicted molar refractivity (Wildman–Crippen MR) is 83.2 cm³/mol. The standard InChI is InChI=1S/C15H19FN2O3S/c16-22(20,21)11-12-8-15(19)18(10-12)14-5-3-4-13(9-14)17-6-1-2-7-17/h3-5,9,12H,1-2,6-8,10-11H2. The van der Waals surface area contributed by atoms with Crippen LogP contribution in [-0.4, -0.2) is 39.7 Å². The van der Waals surface area contributed by atoms with Gasteiger partial charge in [0.05, 0.1) is 5.75 Å². The van der Waals surface area contributed by atoms with Gasteiger partial charge < -0.3 is 9.80 Å². The van der Waals surface area contributed by atoms with Crippen molar-refractivity contribution in [3.63, 3.8) is 0 Å². The van der Waals surface area contributed by atoms with Gasteiger partial charge in [0.15, 0.2) is 0 Å². The number of hydrogen-bond donors (Lipinski definition) is 0. The Morgan fingerprint density at radius 2 is 1.86 bits per heavy atom. The molecule has 22 heavy (non-hydrogen) atoms. The summed E-state index contributed by atoms with van der Waals surface area (Å²) in [7, 11) is -4.54. The van der Waals surface area contributed by atoms with Gasteiger partial charge in [0.2, 0.25) is 5.91 Å². The number of anilines is 2. The van der Waals surface area contributed by atoms with E-state index < -0.39 is 21.9 Å². The summed E-state index contributed by atoms with van der Waals surface area (Å²) in [5.74, 6) is -1.20. The highest BCUT2D eigenvalue weighted by atomic mass is 32.3. The number of carbonyl (C=O) groups is 1. The first-order valence-corrected chi connectivity index (χ1v) is 9.05. The fourth-order valence-corrected chi connectivity index (χ4v) is 4.04. The van der Waals surface area contributed by atoms with Crippen LogP contribution in [0, 0.1) is 5.92 Å². The van der Waals surface area contributed by atoms with Crippen LogP contribution in [-0.2, 0) is 15.0 Å². The van der Waals surface area contributed by atoms with Crippen LogP contribution >= 0.6 is 0 Å². The third-order valence-corrected chi connectivity index (χ3v) is 5.12. The third kappa shape index (κ3) is 3.40. The van der Waals surface area contributed by atoms with Gasteiger partial charge in [-0.2, -0.15) is 8.42 Å². The Labute approximate surface area is 129 Å². The molecule has 7 heteroatoms. The summed E-state index contributed by atoms with van der Waals surface area (Å²) in [6.07, 6.45) is 2.42. The quantitative estimate of drug-likeness (QED) is 0.794. The summed E-state index contributed by atoms with van der Waals surface area (Å²) >= 11 is 0. The summed E-state index contributed by atoms with van der Waals surface area (Å²) in [4.78, 5) is 15.9.